The first-order chi connectivity index (χ1) is 9.13. The lowest BCUT2D eigenvalue weighted by molar-refractivity contribution is -0.0787. The van der Waals surface area contributed by atoms with Crippen LogP contribution in [-0.2, 0) is 4.94 Å². The van der Waals surface area contributed by atoms with Gasteiger partial charge in [-0.25, -0.2) is 14.1 Å². The largest absolute Gasteiger partial charge is 0.381 e. The zero-order valence-electron chi connectivity index (χ0n) is 10.1. The van der Waals surface area contributed by atoms with Gasteiger partial charge in [0.2, 0.25) is 0 Å². The number of nitrogens with one attached hydrogen (secondary N) is 1. The summed E-state index contributed by atoms with van der Waals surface area (Å²) in [5, 5.41) is 2.78. The highest BCUT2D eigenvalue weighted by atomic mass is 19.3. The normalized spacial score (nSPS) is 10.1. The summed E-state index contributed by atoms with van der Waals surface area (Å²) in [6, 6.07) is 10.7. The van der Waals surface area contributed by atoms with E-state index in [1.165, 1.54) is 18.2 Å². The van der Waals surface area contributed by atoms with Crippen molar-refractivity contribution in [2.75, 3.05) is 5.32 Å². The number of benzene rings is 2. The van der Waals surface area contributed by atoms with Gasteiger partial charge in [0.1, 0.15) is 5.82 Å². The molecule has 0 aromatic heterocycles. The molecular formula is C14H11F2NO2. The van der Waals surface area contributed by atoms with Gasteiger partial charge in [0.15, 0.2) is 0 Å². The first-order valence-corrected chi connectivity index (χ1v) is 5.57. The highest BCUT2D eigenvalue weighted by Crippen LogP contribution is 2.27. The molecule has 0 spiro atoms. The van der Waals surface area contributed by atoms with Gasteiger partial charge in [-0.15, -0.1) is 0 Å². The Morgan fingerprint density at radius 3 is 2.58 bits per heavy atom. The number of hydrogen-bond donors (Lipinski definition) is 1. The van der Waals surface area contributed by atoms with Crippen LogP contribution < -0.4 is 5.32 Å². The summed E-state index contributed by atoms with van der Waals surface area (Å²) in [7, 11) is 0. The maximum Gasteiger partial charge on any atom is 0.381 e. The summed E-state index contributed by atoms with van der Waals surface area (Å²) in [6.45, 7) is 1.72. The van der Waals surface area contributed by atoms with E-state index in [1.54, 1.807) is 31.2 Å². The Labute approximate surface area is 108 Å². The predicted molar refractivity (Wildman–Crippen MR) is 67.4 cm³/mol. The second-order valence-electron chi connectivity index (χ2n) is 3.97. The van der Waals surface area contributed by atoms with Crippen LogP contribution in [-0.4, -0.2) is 5.97 Å². The molecule has 0 saturated carbocycles. The predicted octanol–water partition coefficient (Wildman–Crippen LogP) is 3.92. The van der Waals surface area contributed by atoms with Crippen molar-refractivity contribution >= 4 is 17.3 Å². The molecular weight excluding hydrogens is 252 g/mol. The molecule has 3 nitrogen and oxygen atoms in total. The van der Waals surface area contributed by atoms with Crippen molar-refractivity contribution in [1.29, 1.82) is 0 Å². The standard InChI is InChI=1S/C14H11F2NO2/c1-9-5-4-6-10(14(18)19-16)13(9)17-12-8-3-2-7-11(12)15/h2-8,17H,1H3. The molecule has 0 saturated heterocycles. The van der Waals surface area contributed by atoms with E-state index >= 15 is 0 Å². The number of halogens is 2. The number of rotatable bonds is 3. The molecule has 0 heterocycles. The zero-order chi connectivity index (χ0) is 13.8. The number of carbonyl (C=O) groups is 1. The average Bonchev–Trinajstić information content (AvgIpc) is 2.42. The maximum absolute atomic E-state index is 13.6. The molecule has 0 radical (unpaired) electrons. The lowest BCUT2D eigenvalue weighted by atomic mass is 10.1. The third kappa shape index (κ3) is 2.70. The molecule has 19 heavy (non-hydrogen) atoms. The quantitative estimate of drug-likeness (QED) is 0.912. The fraction of sp³-hybridized carbons (Fsp3) is 0.0714. The Morgan fingerprint density at radius 2 is 1.89 bits per heavy atom. The lowest BCUT2D eigenvalue weighted by Crippen LogP contribution is -2.06. The van der Waals surface area contributed by atoms with Crippen LogP contribution in [0.1, 0.15) is 15.9 Å². The molecule has 98 valence electrons. The van der Waals surface area contributed by atoms with Crippen molar-refractivity contribution in [2.45, 2.75) is 6.92 Å². The van der Waals surface area contributed by atoms with Gasteiger partial charge in [-0.3, -0.25) is 0 Å². The van der Waals surface area contributed by atoms with Gasteiger partial charge in [-0.1, -0.05) is 24.3 Å². The number of para-hydroxylation sites is 2. The van der Waals surface area contributed by atoms with E-state index in [9.17, 15) is 13.7 Å². The van der Waals surface area contributed by atoms with Crippen molar-refractivity contribution in [3.05, 3.63) is 59.4 Å². The molecule has 2 aromatic carbocycles. The fourth-order valence-electron chi connectivity index (χ4n) is 1.74. The van der Waals surface area contributed by atoms with Crippen LogP contribution in [0.25, 0.3) is 0 Å². The number of hydrogen-bond acceptors (Lipinski definition) is 3. The van der Waals surface area contributed by atoms with E-state index in [-0.39, 0.29) is 11.3 Å². The molecule has 0 atom stereocenters. The Balaban J connectivity index is 2.45. The highest BCUT2D eigenvalue weighted by Gasteiger charge is 2.16. The first kappa shape index (κ1) is 13.0. The van der Waals surface area contributed by atoms with Crippen molar-refractivity contribution in [1.82, 2.24) is 0 Å². The summed E-state index contributed by atoms with van der Waals surface area (Å²) >= 11 is 0. The minimum absolute atomic E-state index is 0.00533. The van der Waals surface area contributed by atoms with E-state index < -0.39 is 11.8 Å². The third-order valence-electron chi connectivity index (χ3n) is 2.70. The first-order valence-electron chi connectivity index (χ1n) is 5.57. The molecule has 2 aromatic rings. The molecule has 2 rings (SSSR count). The van der Waals surface area contributed by atoms with Gasteiger partial charge < -0.3 is 5.32 Å². The molecule has 0 fully saturated rings. The molecule has 0 unspecified atom stereocenters. The third-order valence-corrected chi connectivity index (χ3v) is 2.70. The van der Waals surface area contributed by atoms with Gasteiger partial charge >= 0.3 is 5.97 Å². The summed E-state index contributed by atoms with van der Waals surface area (Å²) in [6.07, 6.45) is 0. The Kier molecular flexibility index (Phi) is 3.75. The number of carbonyl (C=O) groups excluding carboxylic acids is 1. The van der Waals surface area contributed by atoms with Crippen molar-refractivity contribution in [2.24, 2.45) is 0 Å². The smallest absolute Gasteiger partial charge is 0.352 e. The van der Waals surface area contributed by atoms with Gasteiger partial charge in [0.25, 0.3) is 0 Å². The highest BCUT2D eigenvalue weighted by molar-refractivity contribution is 5.97. The molecule has 1 N–H and O–H groups in total. The van der Waals surface area contributed by atoms with Crippen LogP contribution in [0.3, 0.4) is 0 Å². The monoisotopic (exact) mass is 263 g/mol. The van der Waals surface area contributed by atoms with E-state index in [1.807, 2.05) is 0 Å². The molecule has 5 heteroatoms. The van der Waals surface area contributed by atoms with E-state index in [0.717, 1.165) is 0 Å². The molecule has 0 aliphatic carbocycles. The molecule has 0 aliphatic rings. The van der Waals surface area contributed by atoms with E-state index in [0.29, 0.717) is 11.3 Å². The average molecular weight is 263 g/mol. The van der Waals surface area contributed by atoms with Crippen molar-refractivity contribution in [3.8, 4) is 0 Å². The summed E-state index contributed by atoms with van der Waals surface area (Å²) in [5.74, 6) is -1.59. The van der Waals surface area contributed by atoms with E-state index in [4.69, 9.17) is 0 Å². The summed E-state index contributed by atoms with van der Waals surface area (Å²) in [4.78, 5) is 14.6. The van der Waals surface area contributed by atoms with Crippen LogP contribution in [0.2, 0.25) is 0 Å². The fourth-order valence-corrected chi connectivity index (χ4v) is 1.74. The van der Waals surface area contributed by atoms with Crippen molar-refractivity contribution < 1.29 is 18.7 Å². The molecule has 0 bridgehead atoms. The zero-order valence-corrected chi connectivity index (χ0v) is 10.1. The van der Waals surface area contributed by atoms with Crippen LogP contribution in [0.15, 0.2) is 42.5 Å². The number of aryl methyl sites for hydroxylation is 1. The van der Waals surface area contributed by atoms with Gasteiger partial charge in [-0.05, 0) is 30.7 Å². The Morgan fingerprint density at radius 1 is 1.16 bits per heavy atom. The molecule has 0 amide bonds. The van der Waals surface area contributed by atoms with Gasteiger partial charge in [0.05, 0.1) is 16.9 Å². The Hall–Kier alpha value is -2.43. The van der Waals surface area contributed by atoms with Gasteiger partial charge in [0, 0.05) is 4.53 Å². The molecule has 0 aliphatic heterocycles. The summed E-state index contributed by atoms with van der Waals surface area (Å²) < 4.78 is 25.6. The SMILES string of the molecule is Cc1cccc(C(=O)OF)c1Nc1ccccc1F. The second-order valence-corrected chi connectivity index (χ2v) is 3.97. The van der Waals surface area contributed by atoms with Gasteiger partial charge in [-0.2, -0.15) is 0 Å². The minimum Gasteiger partial charge on any atom is -0.352 e. The van der Waals surface area contributed by atoms with Crippen LogP contribution in [0.4, 0.5) is 20.3 Å². The topological polar surface area (TPSA) is 38.3 Å². The number of anilines is 2. The second kappa shape index (κ2) is 5.48. The summed E-state index contributed by atoms with van der Waals surface area (Å²) in [5.41, 5.74) is 1.19. The van der Waals surface area contributed by atoms with Crippen LogP contribution in [0, 0.1) is 12.7 Å². The minimum atomic E-state index is -1.12. The van der Waals surface area contributed by atoms with Crippen molar-refractivity contribution in [3.63, 3.8) is 0 Å². The van der Waals surface area contributed by atoms with Crippen LogP contribution in [0.5, 0.6) is 0 Å². The lowest BCUT2D eigenvalue weighted by Gasteiger charge is -2.13. The van der Waals surface area contributed by atoms with Crippen LogP contribution >= 0.6 is 0 Å². The maximum atomic E-state index is 13.6. The Bertz CT molecular complexity index is 614. The van der Waals surface area contributed by atoms with E-state index in [2.05, 4.69) is 10.3 Å².